The number of rotatable bonds is 5. The first-order valence-electron chi connectivity index (χ1n) is 6.28. The van der Waals surface area contributed by atoms with Crippen molar-refractivity contribution in [3.8, 4) is 0 Å². The summed E-state index contributed by atoms with van der Waals surface area (Å²) in [5, 5.41) is 5.79. The summed E-state index contributed by atoms with van der Waals surface area (Å²) in [7, 11) is 1.45. The molecular weight excluding hydrogens is 234 g/mol. The average molecular weight is 255 g/mol. The Labute approximate surface area is 107 Å². The van der Waals surface area contributed by atoms with E-state index in [9.17, 15) is 14.4 Å². The molecule has 6 nitrogen and oxygen atoms in total. The molecule has 1 saturated heterocycles. The van der Waals surface area contributed by atoms with Gasteiger partial charge in [0.05, 0.1) is 0 Å². The number of piperidine rings is 1. The number of hydrogen-bond donors (Lipinski definition) is 2. The predicted octanol–water partition coefficient (Wildman–Crippen LogP) is -0.504. The van der Waals surface area contributed by atoms with Gasteiger partial charge in [-0.15, -0.1) is 0 Å². The van der Waals surface area contributed by atoms with Crippen LogP contribution in [0.1, 0.15) is 26.7 Å². The first-order valence-corrected chi connectivity index (χ1v) is 6.28. The van der Waals surface area contributed by atoms with Gasteiger partial charge >= 0.3 is 0 Å². The molecule has 18 heavy (non-hydrogen) atoms. The summed E-state index contributed by atoms with van der Waals surface area (Å²) in [5.74, 6) is -0.862. The number of hydrogen-bond acceptors (Lipinski definition) is 4. The number of amides is 3. The zero-order valence-corrected chi connectivity index (χ0v) is 11.2. The maximum Gasteiger partial charge on any atom is 0.251 e. The Bertz CT molecular complexity index is 343. The summed E-state index contributed by atoms with van der Waals surface area (Å²) in [6.07, 6.45) is 0.691. The quantitative estimate of drug-likeness (QED) is 0.649. The zero-order chi connectivity index (χ0) is 13.7. The van der Waals surface area contributed by atoms with Crippen molar-refractivity contribution in [3.63, 3.8) is 0 Å². The van der Waals surface area contributed by atoms with Gasteiger partial charge in [0.2, 0.25) is 11.8 Å². The fraction of sp³-hybridized carbons (Fsp3) is 0.750. The summed E-state index contributed by atoms with van der Waals surface area (Å²) in [4.78, 5) is 36.0. The predicted molar refractivity (Wildman–Crippen MR) is 66.6 cm³/mol. The highest BCUT2D eigenvalue weighted by atomic mass is 16.2. The Kier molecular flexibility index (Phi) is 5.27. The minimum absolute atomic E-state index is 0.156. The van der Waals surface area contributed by atoms with E-state index < -0.39 is 6.04 Å². The van der Waals surface area contributed by atoms with Crippen LogP contribution in [0.4, 0.5) is 0 Å². The van der Waals surface area contributed by atoms with E-state index in [-0.39, 0.29) is 23.6 Å². The van der Waals surface area contributed by atoms with Crippen LogP contribution in [-0.4, -0.2) is 48.8 Å². The molecule has 2 atom stereocenters. The molecule has 2 unspecified atom stereocenters. The minimum atomic E-state index is -0.565. The van der Waals surface area contributed by atoms with Gasteiger partial charge in [-0.05, 0) is 13.0 Å². The highest BCUT2D eigenvalue weighted by Crippen LogP contribution is 2.11. The van der Waals surface area contributed by atoms with Crippen LogP contribution in [-0.2, 0) is 14.4 Å². The van der Waals surface area contributed by atoms with E-state index in [1.165, 1.54) is 7.05 Å². The van der Waals surface area contributed by atoms with Gasteiger partial charge in [0.1, 0.15) is 6.04 Å². The molecule has 1 aliphatic heterocycles. The lowest BCUT2D eigenvalue weighted by Gasteiger charge is -2.29. The molecule has 1 fully saturated rings. The third kappa shape index (κ3) is 3.53. The number of likely N-dealkylation sites (tertiary alicyclic amines) is 1. The Balaban J connectivity index is 2.49. The number of imide groups is 1. The minimum Gasteiger partial charge on any atom is -0.344 e. The van der Waals surface area contributed by atoms with Gasteiger partial charge < -0.3 is 10.6 Å². The molecule has 0 bridgehead atoms. The Hall–Kier alpha value is -1.43. The van der Waals surface area contributed by atoms with E-state index >= 15 is 0 Å². The van der Waals surface area contributed by atoms with Gasteiger partial charge in [-0.25, -0.2) is 0 Å². The normalized spacial score (nSPS) is 21.9. The van der Waals surface area contributed by atoms with Crippen LogP contribution < -0.4 is 10.6 Å². The third-order valence-electron chi connectivity index (χ3n) is 3.11. The van der Waals surface area contributed by atoms with Crippen LogP contribution in [0.3, 0.4) is 0 Å². The van der Waals surface area contributed by atoms with Crippen LogP contribution in [0.15, 0.2) is 0 Å². The number of nitrogens with zero attached hydrogens (tertiary/aromatic N) is 1. The summed E-state index contributed by atoms with van der Waals surface area (Å²) in [6, 6.07) is -0.565. The summed E-state index contributed by atoms with van der Waals surface area (Å²) >= 11 is 0. The Morgan fingerprint density at radius 3 is 2.78 bits per heavy atom. The van der Waals surface area contributed by atoms with Crippen molar-refractivity contribution in [1.29, 1.82) is 0 Å². The molecule has 1 rings (SSSR count). The standard InChI is InChI=1S/C12H21N3O3/c1-4-13-7-8(2)11(17)14-9-5-6-10(16)15(3)12(9)18/h8-9,13H,4-7H2,1-3H3,(H,14,17). The molecule has 0 spiro atoms. The lowest BCUT2D eigenvalue weighted by atomic mass is 10.0. The van der Waals surface area contributed by atoms with Crippen LogP contribution in [0, 0.1) is 5.92 Å². The van der Waals surface area contributed by atoms with E-state index in [4.69, 9.17) is 0 Å². The third-order valence-corrected chi connectivity index (χ3v) is 3.11. The number of likely N-dealkylation sites (N-methyl/N-ethyl adjacent to an activating group) is 1. The zero-order valence-electron chi connectivity index (χ0n) is 11.2. The van der Waals surface area contributed by atoms with Gasteiger partial charge in [0, 0.05) is 25.9 Å². The molecule has 1 aliphatic rings. The van der Waals surface area contributed by atoms with Crippen LogP contribution in [0.2, 0.25) is 0 Å². The summed E-state index contributed by atoms with van der Waals surface area (Å²) in [5.41, 5.74) is 0. The molecule has 0 aromatic rings. The second kappa shape index (κ2) is 6.49. The van der Waals surface area contributed by atoms with Crippen LogP contribution >= 0.6 is 0 Å². The molecule has 6 heteroatoms. The fourth-order valence-corrected chi connectivity index (χ4v) is 1.82. The van der Waals surface area contributed by atoms with E-state index in [1.54, 1.807) is 6.92 Å². The smallest absolute Gasteiger partial charge is 0.251 e. The average Bonchev–Trinajstić information content (AvgIpc) is 2.36. The molecule has 3 amide bonds. The number of carbonyl (C=O) groups excluding carboxylic acids is 3. The summed E-state index contributed by atoms with van der Waals surface area (Å²) in [6.45, 7) is 5.16. The maximum absolute atomic E-state index is 11.8. The molecule has 2 N–H and O–H groups in total. The summed E-state index contributed by atoms with van der Waals surface area (Å²) < 4.78 is 0. The van der Waals surface area contributed by atoms with Crippen LogP contribution in [0.25, 0.3) is 0 Å². The lowest BCUT2D eigenvalue weighted by Crippen LogP contribution is -2.54. The topological polar surface area (TPSA) is 78.5 Å². The van der Waals surface area contributed by atoms with Crippen molar-refractivity contribution in [2.75, 3.05) is 20.1 Å². The first kappa shape index (κ1) is 14.6. The van der Waals surface area contributed by atoms with Crippen molar-refractivity contribution in [1.82, 2.24) is 15.5 Å². The van der Waals surface area contributed by atoms with Crippen molar-refractivity contribution in [3.05, 3.63) is 0 Å². The fourth-order valence-electron chi connectivity index (χ4n) is 1.82. The second-order valence-corrected chi connectivity index (χ2v) is 4.60. The Morgan fingerprint density at radius 1 is 1.50 bits per heavy atom. The van der Waals surface area contributed by atoms with Gasteiger partial charge in [-0.2, -0.15) is 0 Å². The van der Waals surface area contributed by atoms with Crippen molar-refractivity contribution in [2.24, 2.45) is 5.92 Å². The van der Waals surface area contributed by atoms with Gasteiger partial charge in [-0.3, -0.25) is 19.3 Å². The molecule has 0 saturated carbocycles. The van der Waals surface area contributed by atoms with Crippen molar-refractivity contribution < 1.29 is 14.4 Å². The highest BCUT2D eigenvalue weighted by Gasteiger charge is 2.33. The maximum atomic E-state index is 11.8. The van der Waals surface area contributed by atoms with E-state index in [0.29, 0.717) is 19.4 Å². The molecule has 1 heterocycles. The molecule has 0 aromatic heterocycles. The Morgan fingerprint density at radius 2 is 2.17 bits per heavy atom. The largest absolute Gasteiger partial charge is 0.344 e. The second-order valence-electron chi connectivity index (χ2n) is 4.60. The highest BCUT2D eigenvalue weighted by molar-refractivity contribution is 6.01. The first-order chi connectivity index (χ1) is 8.47. The molecule has 0 aromatic carbocycles. The molecule has 0 radical (unpaired) electrons. The van der Waals surface area contributed by atoms with Gasteiger partial charge in [-0.1, -0.05) is 13.8 Å². The SMILES string of the molecule is CCNCC(C)C(=O)NC1CCC(=O)N(C)C1=O. The van der Waals surface area contributed by atoms with Crippen molar-refractivity contribution in [2.45, 2.75) is 32.7 Å². The van der Waals surface area contributed by atoms with Gasteiger partial charge in [0.25, 0.3) is 5.91 Å². The van der Waals surface area contributed by atoms with E-state index in [0.717, 1.165) is 11.4 Å². The molecule has 102 valence electrons. The number of nitrogens with one attached hydrogen (secondary N) is 2. The monoisotopic (exact) mass is 255 g/mol. The molecular formula is C12H21N3O3. The molecule has 0 aliphatic carbocycles. The van der Waals surface area contributed by atoms with E-state index in [2.05, 4.69) is 10.6 Å². The van der Waals surface area contributed by atoms with Crippen molar-refractivity contribution >= 4 is 17.7 Å². The van der Waals surface area contributed by atoms with Crippen LogP contribution in [0.5, 0.6) is 0 Å². The van der Waals surface area contributed by atoms with Gasteiger partial charge in [0.15, 0.2) is 0 Å². The van der Waals surface area contributed by atoms with E-state index in [1.807, 2.05) is 6.92 Å². The lowest BCUT2D eigenvalue weighted by molar-refractivity contribution is -0.149. The number of carbonyl (C=O) groups is 3.